The first-order valence-corrected chi connectivity index (χ1v) is 3.89. The lowest BCUT2D eigenvalue weighted by Gasteiger charge is -2.04. The molecule has 0 saturated carbocycles. The maximum absolute atomic E-state index is 12.4. The molecule has 0 fully saturated rings. The van der Waals surface area contributed by atoms with Crippen molar-refractivity contribution >= 4 is 11.5 Å². The second-order valence-electron chi connectivity index (χ2n) is 2.71. The monoisotopic (exact) mass is 218 g/mol. The van der Waals surface area contributed by atoms with E-state index in [0.717, 1.165) is 6.07 Å². The SMILES string of the molecule is NCc1cc(N)c([N+](=O)[O-])nc1C(F)F. The van der Waals surface area contributed by atoms with Crippen LogP contribution in [0.25, 0.3) is 0 Å². The van der Waals surface area contributed by atoms with Crippen LogP contribution in [-0.4, -0.2) is 9.91 Å². The Labute approximate surface area is 83.0 Å². The molecule has 0 spiro atoms. The van der Waals surface area contributed by atoms with Gasteiger partial charge in [-0.1, -0.05) is 0 Å². The van der Waals surface area contributed by atoms with Crippen molar-refractivity contribution in [3.05, 3.63) is 27.4 Å². The van der Waals surface area contributed by atoms with Gasteiger partial charge in [-0.3, -0.25) is 0 Å². The van der Waals surface area contributed by atoms with Crippen LogP contribution in [0.15, 0.2) is 6.07 Å². The van der Waals surface area contributed by atoms with Gasteiger partial charge < -0.3 is 21.6 Å². The largest absolute Gasteiger partial charge is 0.392 e. The Balaban J connectivity index is 3.37. The highest BCUT2D eigenvalue weighted by molar-refractivity contribution is 5.55. The summed E-state index contributed by atoms with van der Waals surface area (Å²) in [4.78, 5) is 12.7. The van der Waals surface area contributed by atoms with Crippen LogP contribution < -0.4 is 11.5 Å². The zero-order valence-corrected chi connectivity index (χ0v) is 7.48. The summed E-state index contributed by atoms with van der Waals surface area (Å²) < 4.78 is 24.8. The molecule has 4 N–H and O–H groups in total. The highest BCUT2D eigenvalue weighted by atomic mass is 19.3. The quantitative estimate of drug-likeness (QED) is 0.580. The maximum Gasteiger partial charge on any atom is 0.387 e. The summed E-state index contributed by atoms with van der Waals surface area (Å²) in [5.74, 6) is -0.775. The molecule has 8 heteroatoms. The molecule has 1 aromatic rings. The number of anilines is 1. The van der Waals surface area contributed by atoms with Crippen molar-refractivity contribution < 1.29 is 13.7 Å². The lowest BCUT2D eigenvalue weighted by Crippen LogP contribution is -2.09. The molecule has 1 rings (SSSR count). The maximum atomic E-state index is 12.4. The van der Waals surface area contributed by atoms with Crippen molar-refractivity contribution in [3.8, 4) is 0 Å². The molecule has 1 aromatic heterocycles. The highest BCUT2D eigenvalue weighted by Crippen LogP contribution is 2.27. The Bertz CT molecular complexity index is 397. The average molecular weight is 218 g/mol. The predicted molar refractivity (Wildman–Crippen MR) is 48.2 cm³/mol. The molecule has 0 amide bonds. The van der Waals surface area contributed by atoms with Gasteiger partial charge in [0.1, 0.15) is 5.69 Å². The molecule has 0 unspecified atom stereocenters. The Morgan fingerprint density at radius 2 is 2.20 bits per heavy atom. The first-order valence-electron chi connectivity index (χ1n) is 3.89. The minimum atomic E-state index is -2.91. The first kappa shape index (κ1) is 11.2. The molecule has 0 aliphatic heterocycles. The van der Waals surface area contributed by atoms with Crippen LogP contribution in [0.4, 0.5) is 20.3 Å². The van der Waals surface area contributed by atoms with Crippen molar-refractivity contribution in [2.75, 3.05) is 5.73 Å². The summed E-state index contributed by atoms with van der Waals surface area (Å²) >= 11 is 0. The molecule has 0 bridgehead atoms. The summed E-state index contributed by atoms with van der Waals surface area (Å²) in [7, 11) is 0. The van der Waals surface area contributed by atoms with Gasteiger partial charge in [-0.2, -0.15) is 0 Å². The van der Waals surface area contributed by atoms with Gasteiger partial charge in [-0.05, 0) is 16.0 Å². The van der Waals surface area contributed by atoms with Crippen LogP contribution in [0.1, 0.15) is 17.7 Å². The number of rotatable bonds is 3. The number of nitrogens with zero attached hydrogens (tertiary/aromatic N) is 2. The molecule has 0 atom stereocenters. The van der Waals surface area contributed by atoms with Crippen LogP contribution in [0.5, 0.6) is 0 Å². The van der Waals surface area contributed by atoms with E-state index in [1.807, 2.05) is 0 Å². The lowest BCUT2D eigenvalue weighted by atomic mass is 10.2. The second kappa shape index (κ2) is 4.13. The van der Waals surface area contributed by atoms with E-state index < -0.39 is 22.9 Å². The number of nitrogens with two attached hydrogens (primary N) is 2. The Morgan fingerprint density at radius 1 is 1.60 bits per heavy atom. The molecule has 0 radical (unpaired) electrons. The van der Waals surface area contributed by atoms with Gasteiger partial charge in [0.05, 0.1) is 0 Å². The number of pyridine rings is 1. The van der Waals surface area contributed by atoms with Gasteiger partial charge in [-0.15, -0.1) is 0 Å². The van der Waals surface area contributed by atoms with E-state index in [9.17, 15) is 18.9 Å². The van der Waals surface area contributed by atoms with Gasteiger partial charge in [0.2, 0.25) is 5.69 Å². The molecular formula is C7H8F2N4O2. The summed E-state index contributed by atoms with van der Waals surface area (Å²) in [6.45, 7) is -0.200. The van der Waals surface area contributed by atoms with Crippen molar-refractivity contribution in [1.29, 1.82) is 0 Å². The van der Waals surface area contributed by atoms with Crippen molar-refractivity contribution in [1.82, 2.24) is 4.98 Å². The van der Waals surface area contributed by atoms with Gasteiger partial charge in [0.15, 0.2) is 0 Å². The Hall–Kier alpha value is -1.83. The zero-order chi connectivity index (χ0) is 11.6. The fraction of sp³-hybridized carbons (Fsp3) is 0.286. The van der Waals surface area contributed by atoms with Crippen molar-refractivity contribution in [2.24, 2.45) is 5.73 Å². The summed E-state index contributed by atoms with van der Waals surface area (Å²) in [5, 5.41) is 10.4. The van der Waals surface area contributed by atoms with Crippen LogP contribution in [0.2, 0.25) is 0 Å². The third-order valence-electron chi connectivity index (χ3n) is 1.74. The summed E-state index contributed by atoms with van der Waals surface area (Å²) in [6.07, 6.45) is -2.91. The van der Waals surface area contributed by atoms with E-state index >= 15 is 0 Å². The van der Waals surface area contributed by atoms with Gasteiger partial charge >= 0.3 is 12.2 Å². The van der Waals surface area contributed by atoms with Gasteiger partial charge in [-0.25, -0.2) is 8.78 Å². The van der Waals surface area contributed by atoms with E-state index in [-0.39, 0.29) is 17.8 Å². The number of halogens is 2. The molecule has 1 heterocycles. The van der Waals surface area contributed by atoms with E-state index in [1.165, 1.54) is 0 Å². The van der Waals surface area contributed by atoms with E-state index in [4.69, 9.17) is 11.5 Å². The second-order valence-corrected chi connectivity index (χ2v) is 2.71. The van der Waals surface area contributed by atoms with Crippen LogP contribution >= 0.6 is 0 Å². The standard InChI is InChI=1S/C7H8F2N4O2/c8-6(9)5-3(2-10)1-4(11)7(12-5)13(14)15/h1,6H,2,10-11H2. The minimum absolute atomic E-state index is 0.00750. The van der Waals surface area contributed by atoms with Gasteiger partial charge in [0.25, 0.3) is 0 Å². The summed E-state index contributed by atoms with van der Waals surface area (Å²) in [5.41, 5.74) is 9.49. The molecular weight excluding hydrogens is 210 g/mol. The number of hydrogen-bond acceptors (Lipinski definition) is 5. The number of aromatic nitrogens is 1. The van der Waals surface area contributed by atoms with Crippen LogP contribution in [0.3, 0.4) is 0 Å². The van der Waals surface area contributed by atoms with E-state index in [1.54, 1.807) is 0 Å². The normalized spacial score (nSPS) is 10.7. The number of hydrogen-bond donors (Lipinski definition) is 2. The third kappa shape index (κ3) is 2.15. The topological polar surface area (TPSA) is 108 Å². The van der Waals surface area contributed by atoms with Gasteiger partial charge in [0, 0.05) is 12.1 Å². The first-order chi connectivity index (χ1) is 6.97. The van der Waals surface area contributed by atoms with Crippen LogP contribution in [-0.2, 0) is 6.54 Å². The van der Waals surface area contributed by atoms with Crippen molar-refractivity contribution in [2.45, 2.75) is 13.0 Å². The molecule has 0 aliphatic carbocycles. The molecule has 15 heavy (non-hydrogen) atoms. The highest BCUT2D eigenvalue weighted by Gasteiger charge is 2.25. The molecule has 0 saturated heterocycles. The number of nitrogen functional groups attached to an aromatic ring is 1. The van der Waals surface area contributed by atoms with E-state index in [0.29, 0.717) is 0 Å². The Kier molecular flexibility index (Phi) is 3.10. The number of nitro groups is 1. The fourth-order valence-corrected chi connectivity index (χ4v) is 1.08. The molecule has 82 valence electrons. The molecule has 0 aliphatic rings. The molecule has 0 aromatic carbocycles. The minimum Gasteiger partial charge on any atom is -0.392 e. The van der Waals surface area contributed by atoms with Crippen LogP contribution in [0, 0.1) is 10.1 Å². The zero-order valence-electron chi connectivity index (χ0n) is 7.48. The Morgan fingerprint density at radius 3 is 2.60 bits per heavy atom. The molecule has 6 nitrogen and oxygen atoms in total. The van der Waals surface area contributed by atoms with E-state index in [2.05, 4.69) is 4.98 Å². The van der Waals surface area contributed by atoms with Crippen molar-refractivity contribution in [3.63, 3.8) is 0 Å². The third-order valence-corrected chi connectivity index (χ3v) is 1.74. The smallest absolute Gasteiger partial charge is 0.387 e. The number of alkyl halides is 2. The average Bonchev–Trinajstić information content (AvgIpc) is 2.16. The summed E-state index contributed by atoms with van der Waals surface area (Å²) in [6, 6.07) is 1.05. The predicted octanol–water partition coefficient (Wildman–Crippen LogP) is 0.968. The lowest BCUT2D eigenvalue weighted by molar-refractivity contribution is -0.388. The fourth-order valence-electron chi connectivity index (χ4n) is 1.08.